The molecule has 1 heterocycles. The molecule has 0 atom stereocenters. The number of alkyl halides is 1. The van der Waals surface area contributed by atoms with Crippen LogP contribution in [0.25, 0.3) is 0 Å². The Hall–Kier alpha value is -0.830. The second-order valence-corrected chi connectivity index (χ2v) is 5.15. The Bertz CT molecular complexity index is 333. The van der Waals surface area contributed by atoms with Crippen LogP contribution >= 0.6 is 11.6 Å². The summed E-state index contributed by atoms with van der Waals surface area (Å²) in [6.07, 6.45) is 10.5. The molecule has 94 valence electrons. The molecule has 1 aromatic rings. The van der Waals surface area contributed by atoms with E-state index in [0.717, 1.165) is 24.0 Å². The van der Waals surface area contributed by atoms with Crippen LogP contribution < -0.4 is 4.90 Å². The minimum absolute atomic E-state index is 0.430. The maximum Gasteiger partial charge on any atom is 0.146 e. The van der Waals surface area contributed by atoms with Gasteiger partial charge in [0.2, 0.25) is 0 Å². The lowest BCUT2D eigenvalue weighted by Crippen LogP contribution is -2.27. The van der Waals surface area contributed by atoms with Crippen LogP contribution in [-0.4, -0.2) is 23.6 Å². The maximum absolute atomic E-state index is 5.70. The van der Waals surface area contributed by atoms with E-state index in [0.29, 0.717) is 5.88 Å². The van der Waals surface area contributed by atoms with Crippen molar-refractivity contribution in [3.05, 3.63) is 18.1 Å². The fourth-order valence-electron chi connectivity index (χ4n) is 2.46. The monoisotopic (exact) mass is 253 g/mol. The van der Waals surface area contributed by atoms with Gasteiger partial charge in [-0.3, -0.25) is 4.98 Å². The largest absolute Gasteiger partial charge is 0.358 e. The van der Waals surface area contributed by atoms with Gasteiger partial charge in [0.1, 0.15) is 5.82 Å². The van der Waals surface area contributed by atoms with Crippen LogP contribution in [0.5, 0.6) is 0 Å². The van der Waals surface area contributed by atoms with Gasteiger partial charge in [-0.25, -0.2) is 4.98 Å². The number of nitrogens with zero attached hydrogens (tertiary/aromatic N) is 3. The van der Waals surface area contributed by atoms with Gasteiger partial charge < -0.3 is 4.90 Å². The number of hydrogen-bond acceptors (Lipinski definition) is 3. The Kier molecular flexibility index (Phi) is 4.60. The highest BCUT2D eigenvalue weighted by molar-refractivity contribution is 6.16. The van der Waals surface area contributed by atoms with Gasteiger partial charge in [-0.05, 0) is 18.8 Å². The first-order valence-electron chi connectivity index (χ1n) is 6.37. The lowest BCUT2D eigenvalue weighted by atomic mass is 9.89. The number of rotatable bonds is 4. The van der Waals surface area contributed by atoms with Crippen molar-refractivity contribution < 1.29 is 0 Å². The molecule has 0 N–H and O–H groups in total. The van der Waals surface area contributed by atoms with Gasteiger partial charge in [-0.15, -0.1) is 11.6 Å². The summed E-state index contributed by atoms with van der Waals surface area (Å²) in [4.78, 5) is 10.9. The standard InChI is InChI=1S/C13H20ClN3/c1-17(10-11-5-3-2-4-6-11)13-9-15-12(7-14)8-16-13/h8-9,11H,2-7,10H2,1H3. The van der Waals surface area contributed by atoms with E-state index in [2.05, 4.69) is 21.9 Å². The zero-order chi connectivity index (χ0) is 12.1. The molecule has 2 rings (SSSR count). The Balaban J connectivity index is 1.91. The predicted molar refractivity (Wildman–Crippen MR) is 71.4 cm³/mol. The first-order valence-corrected chi connectivity index (χ1v) is 6.91. The van der Waals surface area contributed by atoms with E-state index in [1.165, 1.54) is 32.1 Å². The molecule has 0 aliphatic heterocycles. The zero-order valence-electron chi connectivity index (χ0n) is 10.4. The molecule has 3 nitrogen and oxygen atoms in total. The lowest BCUT2D eigenvalue weighted by molar-refractivity contribution is 0.361. The predicted octanol–water partition coefficient (Wildman–Crippen LogP) is 3.23. The average molecular weight is 254 g/mol. The smallest absolute Gasteiger partial charge is 0.146 e. The van der Waals surface area contributed by atoms with Crippen molar-refractivity contribution in [3.8, 4) is 0 Å². The molecule has 4 heteroatoms. The molecular weight excluding hydrogens is 234 g/mol. The second kappa shape index (κ2) is 6.20. The van der Waals surface area contributed by atoms with Gasteiger partial charge in [0, 0.05) is 13.6 Å². The third-order valence-corrected chi connectivity index (χ3v) is 3.75. The van der Waals surface area contributed by atoms with Gasteiger partial charge >= 0.3 is 0 Å². The molecule has 1 aliphatic carbocycles. The molecule has 0 bridgehead atoms. The molecular formula is C13H20ClN3. The van der Waals surface area contributed by atoms with Crippen molar-refractivity contribution in [2.24, 2.45) is 5.92 Å². The number of aromatic nitrogens is 2. The topological polar surface area (TPSA) is 29.0 Å². The summed E-state index contributed by atoms with van der Waals surface area (Å²) in [6, 6.07) is 0. The van der Waals surface area contributed by atoms with Crippen molar-refractivity contribution >= 4 is 17.4 Å². The summed E-state index contributed by atoms with van der Waals surface area (Å²) in [6.45, 7) is 1.09. The van der Waals surface area contributed by atoms with Crippen LogP contribution in [0.4, 0.5) is 5.82 Å². The zero-order valence-corrected chi connectivity index (χ0v) is 11.2. The van der Waals surface area contributed by atoms with Crippen LogP contribution in [0.15, 0.2) is 12.4 Å². The quantitative estimate of drug-likeness (QED) is 0.772. The Morgan fingerprint density at radius 2 is 2.00 bits per heavy atom. The van der Waals surface area contributed by atoms with Crippen LogP contribution in [-0.2, 0) is 5.88 Å². The molecule has 0 spiro atoms. The van der Waals surface area contributed by atoms with Crippen LogP contribution in [0.2, 0.25) is 0 Å². The van der Waals surface area contributed by atoms with Crippen molar-refractivity contribution in [2.45, 2.75) is 38.0 Å². The molecule has 0 aromatic carbocycles. The van der Waals surface area contributed by atoms with Gasteiger partial charge in [0.15, 0.2) is 0 Å². The number of hydrogen-bond donors (Lipinski definition) is 0. The molecule has 1 aromatic heterocycles. The average Bonchev–Trinajstić information content (AvgIpc) is 2.40. The van der Waals surface area contributed by atoms with Crippen LogP contribution in [0.3, 0.4) is 0 Å². The normalized spacial score (nSPS) is 17.1. The molecule has 1 aliphatic rings. The molecule has 1 saturated carbocycles. The highest BCUT2D eigenvalue weighted by Gasteiger charge is 2.16. The van der Waals surface area contributed by atoms with Crippen molar-refractivity contribution in [2.75, 3.05) is 18.5 Å². The second-order valence-electron chi connectivity index (χ2n) is 4.88. The summed E-state index contributed by atoms with van der Waals surface area (Å²) in [5.74, 6) is 2.20. The maximum atomic E-state index is 5.70. The van der Waals surface area contributed by atoms with E-state index < -0.39 is 0 Å². The van der Waals surface area contributed by atoms with E-state index in [1.54, 1.807) is 6.20 Å². The fraction of sp³-hybridized carbons (Fsp3) is 0.692. The van der Waals surface area contributed by atoms with E-state index in [1.807, 2.05) is 6.20 Å². The number of halogens is 1. The molecule has 0 radical (unpaired) electrons. The van der Waals surface area contributed by atoms with E-state index in [4.69, 9.17) is 11.6 Å². The highest BCUT2D eigenvalue weighted by atomic mass is 35.5. The number of anilines is 1. The summed E-state index contributed by atoms with van der Waals surface area (Å²) in [7, 11) is 2.10. The highest BCUT2D eigenvalue weighted by Crippen LogP contribution is 2.25. The third kappa shape index (κ3) is 3.56. The molecule has 0 unspecified atom stereocenters. The summed E-state index contributed by atoms with van der Waals surface area (Å²) in [5, 5.41) is 0. The van der Waals surface area contributed by atoms with E-state index in [9.17, 15) is 0 Å². The summed E-state index contributed by atoms with van der Waals surface area (Å²) < 4.78 is 0. The molecule has 17 heavy (non-hydrogen) atoms. The van der Waals surface area contributed by atoms with Crippen molar-refractivity contribution in [1.29, 1.82) is 0 Å². The molecule has 1 fully saturated rings. The third-order valence-electron chi connectivity index (χ3n) is 3.48. The Labute approximate surface area is 108 Å². The minimum atomic E-state index is 0.430. The molecule has 0 saturated heterocycles. The molecule has 0 amide bonds. The SMILES string of the molecule is CN(CC1CCCCC1)c1cnc(CCl)cn1. The first-order chi connectivity index (χ1) is 8.29. The van der Waals surface area contributed by atoms with Gasteiger partial charge in [-0.2, -0.15) is 0 Å². The van der Waals surface area contributed by atoms with Gasteiger partial charge in [-0.1, -0.05) is 19.3 Å². The Morgan fingerprint density at radius 3 is 2.59 bits per heavy atom. The summed E-state index contributed by atoms with van der Waals surface area (Å²) in [5.41, 5.74) is 0.835. The first kappa shape index (κ1) is 12.6. The van der Waals surface area contributed by atoms with Crippen molar-refractivity contribution in [3.63, 3.8) is 0 Å². The fourth-order valence-corrected chi connectivity index (χ4v) is 2.60. The van der Waals surface area contributed by atoms with Gasteiger partial charge in [0.25, 0.3) is 0 Å². The lowest BCUT2D eigenvalue weighted by Gasteiger charge is -2.27. The van der Waals surface area contributed by atoms with E-state index in [-0.39, 0.29) is 0 Å². The summed E-state index contributed by atoms with van der Waals surface area (Å²) >= 11 is 5.70. The van der Waals surface area contributed by atoms with Crippen LogP contribution in [0, 0.1) is 5.92 Å². The van der Waals surface area contributed by atoms with Gasteiger partial charge in [0.05, 0.1) is 24.0 Å². The Morgan fingerprint density at radius 1 is 1.24 bits per heavy atom. The van der Waals surface area contributed by atoms with E-state index >= 15 is 0 Å². The van der Waals surface area contributed by atoms with Crippen molar-refractivity contribution in [1.82, 2.24) is 9.97 Å². The minimum Gasteiger partial charge on any atom is -0.358 e. The van der Waals surface area contributed by atoms with Crippen LogP contribution in [0.1, 0.15) is 37.8 Å².